The number of thiophene rings is 1. The van der Waals surface area contributed by atoms with Gasteiger partial charge in [0.25, 0.3) is 5.91 Å². The number of amides is 1. The molecule has 0 saturated heterocycles. The van der Waals surface area contributed by atoms with E-state index >= 15 is 0 Å². The van der Waals surface area contributed by atoms with E-state index in [4.69, 9.17) is 5.73 Å². The maximum Gasteiger partial charge on any atom is 0.343 e. The van der Waals surface area contributed by atoms with Crippen molar-refractivity contribution in [3.63, 3.8) is 0 Å². The van der Waals surface area contributed by atoms with Crippen molar-refractivity contribution in [2.45, 2.75) is 19.0 Å². The van der Waals surface area contributed by atoms with Gasteiger partial charge in [-0.3, -0.25) is 9.36 Å². The largest absolute Gasteiger partial charge is 0.348 e. The lowest BCUT2D eigenvalue weighted by Gasteiger charge is -2.16. The molecule has 9 heteroatoms. The lowest BCUT2D eigenvalue weighted by Crippen LogP contribution is -2.23. The van der Waals surface area contributed by atoms with E-state index in [1.54, 1.807) is 0 Å². The Hall–Kier alpha value is -3.04. The number of halogens is 1. The smallest absolute Gasteiger partial charge is 0.343 e. The van der Waals surface area contributed by atoms with Crippen molar-refractivity contribution in [3.05, 3.63) is 75.1 Å². The molecule has 4 rings (SSSR count). The quantitative estimate of drug-likeness (QED) is 0.591. The second-order valence-corrected chi connectivity index (χ2v) is 7.63. The fourth-order valence-corrected chi connectivity index (χ4v) is 4.39. The first kappa shape index (κ1) is 18.3. The van der Waals surface area contributed by atoms with Crippen LogP contribution < -0.4 is 16.7 Å². The van der Waals surface area contributed by atoms with E-state index in [0.29, 0.717) is 24.0 Å². The number of nitrogens with zero attached hydrogens (tertiary/aromatic N) is 2. The van der Waals surface area contributed by atoms with Gasteiger partial charge in [-0.15, -0.1) is 11.3 Å². The molecular weight excluding hydrogens is 381 g/mol. The number of nitrogens with one attached hydrogen (secondary N) is 2. The Balaban J connectivity index is 1.71. The molecule has 1 aliphatic rings. The molecule has 1 unspecified atom stereocenters. The summed E-state index contributed by atoms with van der Waals surface area (Å²) >= 11 is 1.49. The van der Waals surface area contributed by atoms with E-state index in [1.165, 1.54) is 22.2 Å². The Morgan fingerprint density at radius 2 is 2.21 bits per heavy atom. The van der Waals surface area contributed by atoms with Crippen molar-refractivity contribution in [1.82, 2.24) is 20.1 Å². The monoisotopic (exact) mass is 399 g/mol. The van der Waals surface area contributed by atoms with Gasteiger partial charge in [0, 0.05) is 28.4 Å². The van der Waals surface area contributed by atoms with Crippen LogP contribution in [0.2, 0.25) is 0 Å². The zero-order chi connectivity index (χ0) is 19.7. The van der Waals surface area contributed by atoms with Gasteiger partial charge in [0.15, 0.2) is 0 Å². The maximum atomic E-state index is 13.1. The third-order valence-electron chi connectivity index (χ3n) is 4.82. The number of nitrogens with two attached hydrogens (primary N) is 1. The summed E-state index contributed by atoms with van der Waals surface area (Å²) in [5.41, 5.74) is 8.23. The van der Waals surface area contributed by atoms with E-state index < -0.39 is 6.04 Å². The van der Waals surface area contributed by atoms with Crippen LogP contribution in [-0.4, -0.2) is 27.2 Å². The third-order valence-corrected chi connectivity index (χ3v) is 6.05. The average Bonchev–Trinajstić information content (AvgIpc) is 3.44. The van der Waals surface area contributed by atoms with E-state index in [-0.39, 0.29) is 24.6 Å². The third kappa shape index (κ3) is 3.30. The molecule has 7 nitrogen and oxygen atoms in total. The molecule has 0 spiro atoms. The molecule has 0 aliphatic carbocycles. The molecule has 28 heavy (non-hydrogen) atoms. The Bertz CT molecular complexity index is 1110. The first-order valence-electron chi connectivity index (χ1n) is 8.71. The molecule has 144 valence electrons. The summed E-state index contributed by atoms with van der Waals surface area (Å²) in [6, 6.07) is 9.21. The zero-order valence-electron chi connectivity index (χ0n) is 14.8. The Labute approximate surface area is 163 Å². The molecule has 0 fully saturated rings. The number of carbonyl (C=O) groups is 1. The molecular formula is C19H18FN5O2S. The van der Waals surface area contributed by atoms with Crippen molar-refractivity contribution in [2.24, 2.45) is 5.73 Å². The molecule has 2 aromatic heterocycles. The lowest BCUT2D eigenvalue weighted by atomic mass is 10.0. The van der Waals surface area contributed by atoms with Gasteiger partial charge < -0.3 is 11.1 Å². The van der Waals surface area contributed by atoms with Crippen LogP contribution in [-0.2, 0) is 6.54 Å². The number of aromatic nitrogens is 3. The average molecular weight is 399 g/mol. The van der Waals surface area contributed by atoms with Gasteiger partial charge in [-0.05, 0) is 41.3 Å². The highest BCUT2D eigenvalue weighted by Gasteiger charge is 2.22. The van der Waals surface area contributed by atoms with Gasteiger partial charge in [0.05, 0.1) is 12.4 Å². The minimum Gasteiger partial charge on any atom is -0.348 e. The minimum absolute atomic E-state index is 0.0672. The van der Waals surface area contributed by atoms with Crippen LogP contribution in [0.5, 0.6) is 0 Å². The summed E-state index contributed by atoms with van der Waals surface area (Å²) in [6.45, 7) is 0.616. The van der Waals surface area contributed by atoms with E-state index in [9.17, 15) is 14.0 Å². The van der Waals surface area contributed by atoms with Crippen LogP contribution in [0.15, 0.2) is 53.4 Å². The summed E-state index contributed by atoms with van der Waals surface area (Å²) in [7, 11) is 0. The highest BCUT2D eigenvalue weighted by atomic mass is 32.1. The standard InChI is InChI=1S/C19H18FN5O2S/c20-7-11(8-21)5-15(25-10-23-24-19(25)27)17-4-3-16(28-17)12-1-2-13-9-22-18(26)14(13)6-12/h1-4,6-7,10,15H,5,8-9,21H2,(H,22,26)(H,24,27)/b11-7+. The number of hydrogen-bond donors (Lipinski definition) is 3. The second-order valence-electron chi connectivity index (χ2n) is 6.52. The molecule has 0 bridgehead atoms. The number of carbonyl (C=O) groups excluding carboxylic acids is 1. The number of hydrogen-bond acceptors (Lipinski definition) is 5. The van der Waals surface area contributed by atoms with Gasteiger partial charge in [0.2, 0.25) is 0 Å². The highest BCUT2D eigenvalue weighted by molar-refractivity contribution is 7.15. The molecule has 1 amide bonds. The highest BCUT2D eigenvalue weighted by Crippen LogP contribution is 2.36. The van der Waals surface area contributed by atoms with Gasteiger partial charge in [-0.2, -0.15) is 5.10 Å². The molecule has 1 aromatic carbocycles. The summed E-state index contributed by atoms with van der Waals surface area (Å²) in [5, 5.41) is 8.96. The molecule has 4 N–H and O–H groups in total. The van der Waals surface area contributed by atoms with Gasteiger partial charge in [-0.1, -0.05) is 12.1 Å². The van der Waals surface area contributed by atoms with Crippen molar-refractivity contribution >= 4 is 17.2 Å². The fraction of sp³-hybridized carbons (Fsp3) is 0.211. The Kier molecular flexibility index (Phi) is 4.93. The van der Waals surface area contributed by atoms with Gasteiger partial charge >= 0.3 is 5.69 Å². The van der Waals surface area contributed by atoms with Crippen LogP contribution in [0.25, 0.3) is 10.4 Å². The maximum absolute atomic E-state index is 13.1. The minimum atomic E-state index is -0.423. The van der Waals surface area contributed by atoms with Crippen molar-refractivity contribution in [2.75, 3.05) is 6.54 Å². The number of aromatic amines is 1. The molecule has 0 radical (unpaired) electrons. The van der Waals surface area contributed by atoms with Crippen LogP contribution in [0.4, 0.5) is 4.39 Å². The normalized spacial score (nSPS) is 14.8. The first-order valence-corrected chi connectivity index (χ1v) is 9.53. The molecule has 3 aromatic rings. The van der Waals surface area contributed by atoms with Crippen LogP contribution in [0, 0.1) is 0 Å². The summed E-state index contributed by atoms with van der Waals surface area (Å²) < 4.78 is 14.6. The van der Waals surface area contributed by atoms with Crippen molar-refractivity contribution < 1.29 is 9.18 Å². The topological polar surface area (TPSA) is 106 Å². The predicted octanol–water partition coefficient (Wildman–Crippen LogP) is 2.33. The van der Waals surface area contributed by atoms with Gasteiger partial charge in [-0.25, -0.2) is 14.3 Å². The fourth-order valence-electron chi connectivity index (χ4n) is 3.29. The van der Waals surface area contributed by atoms with Crippen LogP contribution in [0.3, 0.4) is 0 Å². The SMILES string of the molecule is NC/C(=C/F)CC(c1ccc(-c2ccc3c(c2)C(=O)NC3)s1)n1cn[nH]c1=O. The van der Waals surface area contributed by atoms with Crippen molar-refractivity contribution in [1.29, 1.82) is 0 Å². The molecule has 1 aliphatic heterocycles. The van der Waals surface area contributed by atoms with Crippen LogP contribution in [0.1, 0.15) is 33.3 Å². The molecule has 3 heterocycles. The van der Waals surface area contributed by atoms with E-state index in [0.717, 1.165) is 20.9 Å². The molecule has 1 atom stereocenters. The number of fused-ring (bicyclic) bond motifs is 1. The summed E-state index contributed by atoms with van der Waals surface area (Å²) in [4.78, 5) is 25.9. The second kappa shape index (κ2) is 7.53. The Morgan fingerprint density at radius 1 is 1.36 bits per heavy atom. The molecule has 0 saturated carbocycles. The zero-order valence-corrected chi connectivity index (χ0v) is 15.6. The number of benzene rings is 1. The number of H-pyrrole nitrogens is 1. The number of rotatable bonds is 6. The first-order chi connectivity index (χ1) is 13.6. The van der Waals surface area contributed by atoms with Crippen molar-refractivity contribution in [3.8, 4) is 10.4 Å². The Morgan fingerprint density at radius 3 is 2.93 bits per heavy atom. The summed E-state index contributed by atoms with van der Waals surface area (Å²) in [5.74, 6) is -0.0721. The lowest BCUT2D eigenvalue weighted by molar-refractivity contribution is 0.0966. The predicted molar refractivity (Wildman–Crippen MR) is 105 cm³/mol. The summed E-state index contributed by atoms with van der Waals surface area (Å²) in [6.07, 6.45) is 2.16. The van der Waals surface area contributed by atoms with Gasteiger partial charge in [0.1, 0.15) is 6.33 Å². The van der Waals surface area contributed by atoms with E-state index in [2.05, 4.69) is 15.5 Å². The van der Waals surface area contributed by atoms with Crippen LogP contribution >= 0.6 is 11.3 Å². The van der Waals surface area contributed by atoms with E-state index in [1.807, 2.05) is 30.3 Å².